The molecule has 162 valence electrons. The van der Waals surface area contributed by atoms with Crippen LogP contribution in [0.1, 0.15) is 23.2 Å². The molecule has 5 rings (SSSR count). The van der Waals surface area contributed by atoms with Crippen molar-refractivity contribution in [3.05, 3.63) is 90.0 Å². The van der Waals surface area contributed by atoms with Crippen molar-refractivity contribution in [1.82, 2.24) is 0 Å². The second-order valence-corrected chi connectivity index (χ2v) is 7.91. The van der Waals surface area contributed by atoms with Crippen molar-refractivity contribution in [3.8, 4) is 11.5 Å². The first-order chi connectivity index (χ1) is 15.7. The van der Waals surface area contributed by atoms with Gasteiger partial charge < -0.3 is 19.1 Å². The van der Waals surface area contributed by atoms with Gasteiger partial charge in [0.25, 0.3) is 0 Å². The molecule has 1 saturated heterocycles. The molecule has 3 aromatic rings. The number of hydrogen-bond acceptors (Lipinski definition) is 6. The zero-order valence-electron chi connectivity index (χ0n) is 17.8. The number of carbonyl (C=O) groups is 2. The Morgan fingerprint density at radius 3 is 1.97 bits per heavy atom. The predicted octanol–water partition coefficient (Wildman–Crippen LogP) is 4.67. The van der Waals surface area contributed by atoms with Gasteiger partial charge >= 0.3 is 11.9 Å². The summed E-state index contributed by atoms with van der Waals surface area (Å²) in [6, 6.07) is 24.1. The average Bonchev–Trinajstić information content (AvgIpc) is 3.12. The Labute approximate surface area is 186 Å². The summed E-state index contributed by atoms with van der Waals surface area (Å²) in [5, 5.41) is 0. The molecule has 2 aliphatic rings. The summed E-state index contributed by atoms with van der Waals surface area (Å²) in [7, 11) is 2.71. The van der Waals surface area contributed by atoms with Gasteiger partial charge in [0.15, 0.2) is 5.75 Å². The highest BCUT2D eigenvalue weighted by molar-refractivity contribution is 5.87. The highest BCUT2D eigenvalue weighted by Crippen LogP contribution is 2.59. The molecule has 0 radical (unpaired) electrons. The zero-order chi connectivity index (χ0) is 22.2. The maximum atomic E-state index is 13.2. The van der Waals surface area contributed by atoms with Crippen molar-refractivity contribution >= 4 is 17.6 Å². The molecule has 32 heavy (non-hydrogen) atoms. The van der Waals surface area contributed by atoms with E-state index >= 15 is 0 Å². The molecule has 0 aliphatic carbocycles. The number of para-hydroxylation sites is 3. The number of rotatable bonds is 3. The molecule has 0 saturated carbocycles. The summed E-state index contributed by atoms with van der Waals surface area (Å²) in [6.07, 6.45) is 0. The minimum Gasteiger partial charge on any atom is -0.469 e. The lowest BCUT2D eigenvalue weighted by molar-refractivity contribution is -0.157. The molecule has 3 aromatic carbocycles. The van der Waals surface area contributed by atoms with E-state index in [0.29, 0.717) is 11.5 Å². The van der Waals surface area contributed by atoms with Gasteiger partial charge in [-0.15, -0.1) is 0 Å². The molecule has 0 spiro atoms. The van der Waals surface area contributed by atoms with Crippen LogP contribution >= 0.6 is 0 Å². The quantitative estimate of drug-likeness (QED) is 0.564. The van der Waals surface area contributed by atoms with E-state index in [1.54, 1.807) is 0 Å². The Balaban J connectivity index is 1.83. The van der Waals surface area contributed by atoms with Crippen LogP contribution in [0.25, 0.3) is 0 Å². The molecular weight excluding hydrogens is 406 g/mol. The Bertz CT molecular complexity index is 1160. The van der Waals surface area contributed by atoms with Crippen LogP contribution in [-0.2, 0) is 19.1 Å². The van der Waals surface area contributed by atoms with Gasteiger partial charge in [-0.1, -0.05) is 60.7 Å². The van der Waals surface area contributed by atoms with Crippen LogP contribution < -0.4 is 9.64 Å². The monoisotopic (exact) mass is 429 g/mol. The number of ether oxygens (including phenoxy) is 3. The Morgan fingerprint density at radius 2 is 1.28 bits per heavy atom. The van der Waals surface area contributed by atoms with Crippen molar-refractivity contribution in [3.63, 3.8) is 0 Å². The topological polar surface area (TPSA) is 65.1 Å². The van der Waals surface area contributed by atoms with Crippen molar-refractivity contribution in [2.75, 3.05) is 19.1 Å². The summed E-state index contributed by atoms with van der Waals surface area (Å²) >= 11 is 0. The number of anilines is 1. The maximum absolute atomic E-state index is 13.2. The molecule has 6 nitrogen and oxygen atoms in total. The Morgan fingerprint density at radius 1 is 0.719 bits per heavy atom. The lowest BCUT2D eigenvalue weighted by Crippen LogP contribution is -2.32. The van der Waals surface area contributed by atoms with E-state index in [-0.39, 0.29) is 0 Å². The van der Waals surface area contributed by atoms with Gasteiger partial charge in [0.05, 0.1) is 43.8 Å². The summed E-state index contributed by atoms with van der Waals surface area (Å²) in [5.74, 6) is -1.13. The van der Waals surface area contributed by atoms with Gasteiger partial charge in [0, 0.05) is 5.56 Å². The van der Waals surface area contributed by atoms with E-state index in [1.807, 2.05) is 78.9 Å². The van der Waals surface area contributed by atoms with Crippen molar-refractivity contribution < 1.29 is 23.8 Å². The third-order valence-electron chi connectivity index (χ3n) is 6.36. The fourth-order valence-electron chi connectivity index (χ4n) is 5.09. The van der Waals surface area contributed by atoms with Gasteiger partial charge in [-0.3, -0.25) is 9.59 Å². The van der Waals surface area contributed by atoms with E-state index in [4.69, 9.17) is 14.2 Å². The van der Waals surface area contributed by atoms with Gasteiger partial charge in [-0.25, -0.2) is 0 Å². The highest BCUT2D eigenvalue weighted by atomic mass is 16.5. The van der Waals surface area contributed by atoms with Gasteiger partial charge in [0.2, 0.25) is 0 Å². The number of fused-ring (bicyclic) bond motifs is 5. The molecule has 2 aliphatic heterocycles. The van der Waals surface area contributed by atoms with Gasteiger partial charge in [0.1, 0.15) is 5.75 Å². The molecule has 0 bridgehead atoms. The Hall–Kier alpha value is -3.80. The maximum Gasteiger partial charge on any atom is 0.312 e. The van der Waals surface area contributed by atoms with Gasteiger partial charge in [-0.2, -0.15) is 0 Å². The molecule has 2 heterocycles. The minimum atomic E-state index is -0.784. The largest absolute Gasteiger partial charge is 0.469 e. The fourth-order valence-corrected chi connectivity index (χ4v) is 5.09. The lowest BCUT2D eigenvalue weighted by atomic mass is 9.82. The van der Waals surface area contributed by atoms with Gasteiger partial charge in [-0.05, 0) is 23.8 Å². The highest BCUT2D eigenvalue weighted by Gasteiger charge is 2.59. The molecule has 1 fully saturated rings. The standard InChI is InChI=1S/C26H23NO5/c1-30-25(28)21-22(26(29)31-2)24-17-12-6-8-14-19(17)32-20-15-9-7-13-18(20)27(24)23(21)16-10-4-3-5-11-16/h3-15,21-24H,1-2H3/t21-,22-,23+,24-/m0/s1. The van der Waals surface area contributed by atoms with Crippen LogP contribution in [0, 0.1) is 11.8 Å². The molecular formula is C26H23NO5. The molecule has 0 aromatic heterocycles. The number of benzene rings is 3. The van der Waals surface area contributed by atoms with E-state index in [2.05, 4.69) is 4.90 Å². The fraction of sp³-hybridized carbons (Fsp3) is 0.231. The zero-order valence-corrected chi connectivity index (χ0v) is 17.8. The van der Waals surface area contributed by atoms with Crippen LogP contribution in [0.5, 0.6) is 11.5 Å². The average molecular weight is 429 g/mol. The first-order valence-electron chi connectivity index (χ1n) is 10.5. The number of hydrogen-bond donors (Lipinski definition) is 0. The number of methoxy groups -OCH3 is 2. The number of carbonyl (C=O) groups excluding carboxylic acids is 2. The van der Waals surface area contributed by atoms with E-state index in [1.165, 1.54) is 14.2 Å². The predicted molar refractivity (Wildman–Crippen MR) is 118 cm³/mol. The lowest BCUT2D eigenvalue weighted by Gasteiger charge is -2.33. The van der Waals surface area contributed by atoms with E-state index in [9.17, 15) is 9.59 Å². The van der Waals surface area contributed by atoms with E-state index < -0.39 is 35.9 Å². The van der Waals surface area contributed by atoms with Crippen LogP contribution in [0.4, 0.5) is 5.69 Å². The minimum absolute atomic E-state index is 0.446. The summed E-state index contributed by atoms with van der Waals surface area (Å²) in [6.45, 7) is 0. The number of nitrogens with zero attached hydrogens (tertiary/aromatic N) is 1. The van der Waals surface area contributed by atoms with Crippen LogP contribution in [-0.4, -0.2) is 26.2 Å². The summed E-state index contributed by atoms with van der Waals surface area (Å²) < 4.78 is 16.7. The molecule has 6 heteroatoms. The third-order valence-corrected chi connectivity index (χ3v) is 6.36. The summed E-state index contributed by atoms with van der Waals surface area (Å²) in [4.78, 5) is 28.5. The Kier molecular flexibility index (Phi) is 5.05. The molecule has 0 N–H and O–H groups in total. The van der Waals surface area contributed by atoms with Crippen LogP contribution in [0.15, 0.2) is 78.9 Å². The summed E-state index contributed by atoms with van der Waals surface area (Å²) in [5.41, 5.74) is 2.54. The van der Waals surface area contributed by atoms with E-state index in [0.717, 1.165) is 16.8 Å². The normalized spacial score (nSPS) is 23.1. The number of esters is 2. The van der Waals surface area contributed by atoms with Crippen molar-refractivity contribution in [2.24, 2.45) is 11.8 Å². The van der Waals surface area contributed by atoms with Crippen LogP contribution in [0.3, 0.4) is 0 Å². The van der Waals surface area contributed by atoms with Crippen molar-refractivity contribution in [1.29, 1.82) is 0 Å². The second-order valence-electron chi connectivity index (χ2n) is 7.91. The smallest absolute Gasteiger partial charge is 0.312 e. The van der Waals surface area contributed by atoms with Crippen molar-refractivity contribution in [2.45, 2.75) is 12.1 Å². The second kappa shape index (κ2) is 8.04. The third kappa shape index (κ3) is 3.02. The molecule has 4 atom stereocenters. The molecule has 0 unspecified atom stereocenters. The SMILES string of the molecule is COC(=O)[C@H]1[C@H](C(=O)OC)[C@@H]2c3ccccc3Oc3ccccc3N2[C@@H]1c1ccccc1. The van der Waals surface area contributed by atoms with Crippen LogP contribution in [0.2, 0.25) is 0 Å². The first kappa shape index (κ1) is 20.1. The first-order valence-corrected chi connectivity index (χ1v) is 10.5. The molecule has 0 amide bonds.